The zero-order valence-electron chi connectivity index (χ0n) is 16.7. The van der Waals surface area contributed by atoms with E-state index in [0.717, 1.165) is 5.56 Å². The first-order valence-electron chi connectivity index (χ1n) is 9.00. The maximum Gasteiger partial charge on any atom is 0.338 e. The van der Waals surface area contributed by atoms with Crippen molar-refractivity contribution in [1.29, 1.82) is 0 Å². The number of benzene rings is 2. The Morgan fingerprint density at radius 2 is 1.50 bits per heavy atom. The van der Waals surface area contributed by atoms with Gasteiger partial charge in [-0.1, -0.05) is 42.5 Å². The molecule has 0 radical (unpaired) electrons. The van der Waals surface area contributed by atoms with Crippen LogP contribution >= 0.6 is 0 Å². The number of hydrogen-bond donors (Lipinski definition) is 1. The summed E-state index contributed by atoms with van der Waals surface area (Å²) in [5.74, 6) is -0.993. The molecule has 6 nitrogen and oxygen atoms in total. The summed E-state index contributed by atoms with van der Waals surface area (Å²) in [6, 6.07) is 16.9. The molecule has 0 aliphatic carbocycles. The molecule has 0 spiro atoms. The van der Waals surface area contributed by atoms with E-state index in [-0.39, 0.29) is 6.42 Å². The van der Waals surface area contributed by atoms with Crippen LogP contribution in [0.3, 0.4) is 0 Å². The number of carbonyl (C=O) groups excluding carboxylic acids is 2. The zero-order chi connectivity index (χ0) is 20.8. The van der Waals surface area contributed by atoms with Crippen molar-refractivity contribution in [2.24, 2.45) is 5.73 Å². The van der Waals surface area contributed by atoms with Gasteiger partial charge in [-0.15, -0.1) is 0 Å². The third-order valence-electron chi connectivity index (χ3n) is 3.97. The van der Waals surface area contributed by atoms with Gasteiger partial charge in [0.2, 0.25) is 5.54 Å². The van der Waals surface area contributed by atoms with Crippen molar-refractivity contribution < 1.29 is 23.8 Å². The minimum Gasteiger partial charge on any atom is -0.489 e. The second kappa shape index (κ2) is 8.89. The third kappa shape index (κ3) is 5.82. The summed E-state index contributed by atoms with van der Waals surface area (Å²) in [4.78, 5) is 24.8. The highest BCUT2D eigenvalue weighted by Crippen LogP contribution is 2.21. The van der Waals surface area contributed by atoms with Crippen molar-refractivity contribution in [1.82, 2.24) is 0 Å². The summed E-state index contributed by atoms with van der Waals surface area (Å²) >= 11 is 0. The van der Waals surface area contributed by atoms with Gasteiger partial charge < -0.3 is 19.9 Å². The molecule has 1 unspecified atom stereocenters. The van der Waals surface area contributed by atoms with E-state index in [2.05, 4.69) is 0 Å². The molecule has 2 aromatic carbocycles. The van der Waals surface area contributed by atoms with Crippen LogP contribution in [0, 0.1) is 0 Å². The molecule has 2 aromatic rings. The SMILES string of the molecule is COC(=O)C(N)(Cc1ccc(OCc2ccccc2)cc1)C(=O)OC(C)(C)C. The van der Waals surface area contributed by atoms with E-state index >= 15 is 0 Å². The number of ether oxygens (including phenoxy) is 3. The molecule has 28 heavy (non-hydrogen) atoms. The largest absolute Gasteiger partial charge is 0.489 e. The molecule has 0 aromatic heterocycles. The lowest BCUT2D eigenvalue weighted by atomic mass is 9.91. The molecule has 2 N–H and O–H groups in total. The minimum absolute atomic E-state index is 0.0481. The van der Waals surface area contributed by atoms with Crippen LogP contribution in [0.1, 0.15) is 31.9 Å². The molecule has 1 atom stereocenters. The standard InChI is InChI=1S/C22H27NO5/c1-21(2,3)28-20(25)22(23,19(24)26-4)14-16-10-12-18(13-11-16)27-15-17-8-6-5-7-9-17/h5-13H,14-15,23H2,1-4H3. The van der Waals surface area contributed by atoms with Gasteiger partial charge in [0.15, 0.2) is 0 Å². The fourth-order valence-corrected chi connectivity index (χ4v) is 2.55. The van der Waals surface area contributed by atoms with Gasteiger partial charge in [0.05, 0.1) is 7.11 Å². The molecule has 0 fully saturated rings. The van der Waals surface area contributed by atoms with Gasteiger partial charge in [-0.05, 0) is 44.0 Å². The highest BCUT2D eigenvalue weighted by Gasteiger charge is 2.46. The van der Waals surface area contributed by atoms with Crippen LogP contribution in [0.2, 0.25) is 0 Å². The Morgan fingerprint density at radius 3 is 2.04 bits per heavy atom. The van der Waals surface area contributed by atoms with E-state index in [9.17, 15) is 9.59 Å². The van der Waals surface area contributed by atoms with Gasteiger partial charge >= 0.3 is 11.9 Å². The molecule has 0 bridgehead atoms. The minimum atomic E-state index is -1.92. The average molecular weight is 385 g/mol. The number of methoxy groups -OCH3 is 1. The van der Waals surface area contributed by atoms with Crippen LogP contribution in [0.15, 0.2) is 54.6 Å². The lowest BCUT2D eigenvalue weighted by Gasteiger charge is -2.29. The van der Waals surface area contributed by atoms with Crippen LogP contribution < -0.4 is 10.5 Å². The maximum atomic E-state index is 12.5. The van der Waals surface area contributed by atoms with E-state index in [1.165, 1.54) is 7.11 Å². The Morgan fingerprint density at radius 1 is 0.893 bits per heavy atom. The van der Waals surface area contributed by atoms with Crippen LogP contribution in [-0.2, 0) is 32.1 Å². The first kappa shape index (κ1) is 21.4. The van der Waals surface area contributed by atoms with Crippen LogP contribution in [0.5, 0.6) is 5.75 Å². The molecule has 0 aliphatic heterocycles. The van der Waals surface area contributed by atoms with Gasteiger partial charge in [0.25, 0.3) is 0 Å². The van der Waals surface area contributed by atoms with Gasteiger partial charge in [0, 0.05) is 6.42 Å². The van der Waals surface area contributed by atoms with Crippen molar-refractivity contribution in [3.8, 4) is 5.75 Å². The van der Waals surface area contributed by atoms with E-state index in [1.54, 1.807) is 45.0 Å². The number of nitrogens with two attached hydrogens (primary N) is 1. The monoisotopic (exact) mass is 385 g/mol. The highest BCUT2D eigenvalue weighted by molar-refractivity contribution is 6.05. The van der Waals surface area contributed by atoms with Crippen molar-refractivity contribution in [2.45, 2.75) is 44.9 Å². The van der Waals surface area contributed by atoms with Crippen LogP contribution in [0.4, 0.5) is 0 Å². The first-order chi connectivity index (χ1) is 13.1. The lowest BCUT2D eigenvalue weighted by molar-refractivity contribution is -0.170. The number of carbonyl (C=O) groups is 2. The van der Waals surface area contributed by atoms with Crippen molar-refractivity contribution in [3.05, 3.63) is 65.7 Å². The Kier molecular flexibility index (Phi) is 6.80. The van der Waals surface area contributed by atoms with E-state index in [0.29, 0.717) is 17.9 Å². The summed E-state index contributed by atoms with van der Waals surface area (Å²) in [5.41, 5.74) is 5.18. The number of esters is 2. The molecular weight excluding hydrogens is 358 g/mol. The fraction of sp³-hybridized carbons (Fsp3) is 0.364. The van der Waals surface area contributed by atoms with Crippen LogP contribution in [-0.4, -0.2) is 30.2 Å². The maximum absolute atomic E-state index is 12.5. The van der Waals surface area contributed by atoms with Gasteiger partial charge in [-0.3, -0.25) is 0 Å². The predicted octanol–water partition coefficient (Wildman–Crippen LogP) is 3.02. The topological polar surface area (TPSA) is 87.9 Å². The molecule has 0 saturated carbocycles. The van der Waals surface area contributed by atoms with Gasteiger partial charge in [-0.2, -0.15) is 0 Å². The summed E-state index contributed by atoms with van der Waals surface area (Å²) < 4.78 is 15.8. The zero-order valence-corrected chi connectivity index (χ0v) is 16.7. The summed E-state index contributed by atoms with van der Waals surface area (Å²) in [6.07, 6.45) is -0.0481. The number of rotatable bonds is 7. The second-order valence-electron chi connectivity index (χ2n) is 7.56. The summed E-state index contributed by atoms with van der Waals surface area (Å²) in [5, 5.41) is 0. The molecule has 0 amide bonds. The fourth-order valence-electron chi connectivity index (χ4n) is 2.55. The van der Waals surface area contributed by atoms with Crippen molar-refractivity contribution in [2.75, 3.05) is 7.11 Å². The Balaban J connectivity index is 2.09. The van der Waals surface area contributed by atoms with E-state index in [1.807, 2.05) is 30.3 Å². The lowest BCUT2D eigenvalue weighted by Crippen LogP contribution is -2.59. The molecule has 0 aliphatic rings. The molecule has 150 valence electrons. The Bertz CT molecular complexity index is 796. The molecular formula is C22H27NO5. The average Bonchev–Trinajstić information content (AvgIpc) is 2.66. The van der Waals surface area contributed by atoms with Crippen molar-refractivity contribution in [3.63, 3.8) is 0 Å². The molecule has 2 rings (SSSR count). The summed E-state index contributed by atoms with van der Waals surface area (Å²) in [7, 11) is 1.19. The van der Waals surface area contributed by atoms with E-state index < -0.39 is 23.1 Å². The van der Waals surface area contributed by atoms with Gasteiger partial charge in [-0.25, -0.2) is 9.59 Å². The van der Waals surface area contributed by atoms with Gasteiger partial charge in [0.1, 0.15) is 18.0 Å². The molecule has 6 heteroatoms. The number of hydrogen-bond acceptors (Lipinski definition) is 6. The Labute approximate surface area is 165 Å². The smallest absolute Gasteiger partial charge is 0.338 e. The normalized spacial score (nSPS) is 13.3. The highest BCUT2D eigenvalue weighted by atomic mass is 16.6. The predicted molar refractivity (Wildman–Crippen MR) is 106 cm³/mol. The van der Waals surface area contributed by atoms with Crippen molar-refractivity contribution >= 4 is 11.9 Å². The molecule has 0 heterocycles. The third-order valence-corrected chi connectivity index (χ3v) is 3.97. The summed E-state index contributed by atoms with van der Waals surface area (Å²) in [6.45, 7) is 5.57. The first-order valence-corrected chi connectivity index (χ1v) is 9.00. The van der Waals surface area contributed by atoms with E-state index in [4.69, 9.17) is 19.9 Å². The second-order valence-corrected chi connectivity index (χ2v) is 7.56. The Hall–Kier alpha value is -2.86. The molecule has 0 saturated heterocycles. The quantitative estimate of drug-likeness (QED) is 0.582. The van der Waals surface area contributed by atoms with Crippen LogP contribution in [0.25, 0.3) is 0 Å².